The zero-order chi connectivity index (χ0) is 55.0. The Balaban J connectivity index is -0.000000260. The van der Waals surface area contributed by atoms with Crippen molar-refractivity contribution in [3.8, 4) is 0 Å². The summed E-state index contributed by atoms with van der Waals surface area (Å²) in [4.78, 5) is -0.926. The van der Waals surface area contributed by atoms with E-state index in [1.807, 2.05) is 146 Å². The smallest absolute Gasteiger partial charge is 0.744 e. The Kier molecular flexibility index (Phi) is 54.1. The molecule has 9 rings (SSSR count). The molecule has 0 saturated carbocycles. The average molecular weight is 1210 g/mol. The van der Waals surface area contributed by atoms with Gasteiger partial charge in [-0.1, -0.05) is 237 Å². The average Bonchev–Trinajstić information content (AvgIpc) is 3.42. The molecule has 0 spiro atoms. The van der Waals surface area contributed by atoms with Crippen molar-refractivity contribution in [2.45, 2.75) is 24.5 Å². The number of rotatable bonds is 5. The summed E-state index contributed by atoms with van der Waals surface area (Å²) in [5, 5.41) is 0. The normalized spacial score (nSPS) is 9.58. The monoisotopic (exact) mass is 1210 g/mol. The Morgan fingerprint density at radius 1 is 0.152 bits per heavy atom. The third-order valence-corrected chi connectivity index (χ3v) is 12.1. The van der Waals surface area contributed by atoms with Crippen LogP contribution in [0.25, 0.3) is 0 Å². The SMILES string of the molecule is O=S(=O)([O-])c1ccccc1.O=S(=O)([O-])c1ccccc1.O=S(=O)([O-])c1ccccc1.O=S(=O)([O-])c1ccccc1.O=S(=O)([O-])c1ccccc1.[Na+].[Na+].[Na+].[Na+].[Na+].c1ccccc1.c1ccccc1.c1ccccc1.c1ccccc1. The largest absolute Gasteiger partial charge is 1.00 e. The van der Waals surface area contributed by atoms with E-state index in [1.54, 1.807) is 30.3 Å². The van der Waals surface area contributed by atoms with Gasteiger partial charge in [0.1, 0.15) is 50.6 Å². The van der Waals surface area contributed by atoms with Gasteiger partial charge in [-0.25, -0.2) is 42.1 Å². The molecule has 15 nitrogen and oxygen atoms in total. The summed E-state index contributed by atoms with van der Waals surface area (Å²) in [6.45, 7) is 0. The molecule has 0 aliphatic rings. The molecular weight excluding hydrogens is 1160 g/mol. The second kappa shape index (κ2) is 50.1. The third-order valence-electron chi connectivity index (χ3n) is 7.83. The molecule has 0 aliphatic heterocycles. The molecule has 9 aromatic carbocycles. The Morgan fingerprint density at radius 2 is 0.215 bits per heavy atom. The van der Waals surface area contributed by atoms with E-state index >= 15 is 0 Å². The van der Waals surface area contributed by atoms with Gasteiger partial charge in [-0.2, -0.15) is 0 Å². The quantitative estimate of drug-likeness (QED) is 0.115. The second-order valence-corrected chi connectivity index (χ2v) is 20.4. The molecule has 0 aromatic heterocycles. The molecule has 390 valence electrons. The zero-order valence-electron chi connectivity index (χ0n) is 44.0. The van der Waals surface area contributed by atoms with Gasteiger partial charge in [0.2, 0.25) is 0 Å². The van der Waals surface area contributed by atoms with E-state index in [9.17, 15) is 64.9 Å². The van der Waals surface area contributed by atoms with Crippen LogP contribution in [0.2, 0.25) is 0 Å². The zero-order valence-corrected chi connectivity index (χ0v) is 58.0. The van der Waals surface area contributed by atoms with Gasteiger partial charge in [0.25, 0.3) is 0 Å². The molecule has 0 aliphatic carbocycles. The van der Waals surface area contributed by atoms with Crippen LogP contribution in [0, 0.1) is 0 Å². The molecular formula is C54H49Na5O15S5. The van der Waals surface area contributed by atoms with Crippen molar-refractivity contribution < 1.29 is 213 Å². The van der Waals surface area contributed by atoms with E-state index < -0.39 is 50.6 Å². The van der Waals surface area contributed by atoms with Crippen molar-refractivity contribution >= 4 is 50.6 Å². The minimum atomic E-state index is -4.25. The maximum Gasteiger partial charge on any atom is 1.00 e. The van der Waals surface area contributed by atoms with Crippen LogP contribution in [-0.2, 0) is 50.6 Å². The van der Waals surface area contributed by atoms with Gasteiger partial charge >= 0.3 is 148 Å². The molecule has 0 bridgehead atoms. The standard InChI is InChI=1S/5C6H6O3S.4C6H6.5Na/c5*7-10(8,9)6-4-2-1-3-5-6;4*1-2-4-6-5-3-1;;;;;/h5*1-5H,(H,7,8,9);4*1-6H;;;;;/q;;;;;;;;;5*+1/p-5. The summed E-state index contributed by atoms with van der Waals surface area (Å²) in [7, 11) is -21.3. The third kappa shape index (κ3) is 48.7. The Bertz CT molecular complexity index is 2740. The summed E-state index contributed by atoms with van der Waals surface area (Å²) in [5.74, 6) is 0. The predicted molar refractivity (Wildman–Crippen MR) is 278 cm³/mol. The Labute approximate surface area is 576 Å². The molecule has 0 unspecified atom stereocenters. The molecule has 9 aromatic rings. The van der Waals surface area contributed by atoms with E-state index in [0.29, 0.717) is 0 Å². The van der Waals surface area contributed by atoms with E-state index in [0.717, 1.165) is 0 Å². The van der Waals surface area contributed by atoms with Crippen molar-refractivity contribution in [2.75, 3.05) is 0 Å². The predicted octanol–water partition coefficient (Wildman–Crippen LogP) is -5.28. The fourth-order valence-corrected chi connectivity index (χ4v) is 6.93. The van der Waals surface area contributed by atoms with Crippen LogP contribution < -0.4 is 148 Å². The van der Waals surface area contributed by atoms with Crippen LogP contribution in [0.15, 0.2) is 322 Å². The fourth-order valence-electron chi connectivity index (χ4n) is 4.48. The molecule has 0 amide bonds. The van der Waals surface area contributed by atoms with Gasteiger partial charge in [-0.05, 0) is 60.7 Å². The van der Waals surface area contributed by atoms with Crippen LogP contribution in [0.3, 0.4) is 0 Å². The van der Waals surface area contributed by atoms with E-state index in [-0.39, 0.29) is 172 Å². The molecule has 0 N–H and O–H groups in total. The van der Waals surface area contributed by atoms with Crippen molar-refractivity contribution in [1.82, 2.24) is 0 Å². The van der Waals surface area contributed by atoms with Crippen LogP contribution in [0.1, 0.15) is 0 Å². The number of hydrogen-bond donors (Lipinski definition) is 0. The Hall–Kier alpha value is -2.47. The first-order chi connectivity index (χ1) is 35.0. The van der Waals surface area contributed by atoms with Crippen molar-refractivity contribution in [1.29, 1.82) is 0 Å². The van der Waals surface area contributed by atoms with Gasteiger partial charge in [-0.15, -0.1) is 0 Å². The van der Waals surface area contributed by atoms with Gasteiger partial charge in [-0.3, -0.25) is 0 Å². The summed E-state index contributed by atoms with van der Waals surface area (Å²) >= 11 is 0. The van der Waals surface area contributed by atoms with Gasteiger partial charge in [0.05, 0.1) is 24.5 Å². The van der Waals surface area contributed by atoms with Gasteiger partial charge in [0, 0.05) is 0 Å². The minimum absolute atomic E-state index is 0. The molecule has 0 saturated heterocycles. The molecule has 0 fully saturated rings. The van der Waals surface area contributed by atoms with Crippen LogP contribution in [0.5, 0.6) is 0 Å². The topological polar surface area (TPSA) is 286 Å². The molecule has 0 radical (unpaired) electrons. The van der Waals surface area contributed by atoms with Crippen molar-refractivity contribution in [3.05, 3.63) is 297 Å². The van der Waals surface area contributed by atoms with Gasteiger partial charge in [0.15, 0.2) is 0 Å². The van der Waals surface area contributed by atoms with Crippen LogP contribution in [0.4, 0.5) is 0 Å². The first-order valence-corrected chi connectivity index (χ1v) is 28.1. The maximum atomic E-state index is 10.3. The van der Waals surface area contributed by atoms with Gasteiger partial charge < -0.3 is 22.8 Å². The second-order valence-electron chi connectivity index (χ2n) is 13.5. The molecule has 0 atom stereocenters. The van der Waals surface area contributed by atoms with Crippen molar-refractivity contribution in [2.24, 2.45) is 0 Å². The Morgan fingerprint density at radius 3 is 0.266 bits per heavy atom. The summed E-state index contributed by atoms with van der Waals surface area (Å²) in [6, 6.07) is 83.9. The fraction of sp³-hybridized carbons (Fsp3) is 0. The summed E-state index contributed by atoms with van der Waals surface area (Å²) in [5.41, 5.74) is 0. The molecule has 0 heterocycles. The molecule has 25 heteroatoms. The van der Waals surface area contributed by atoms with E-state index in [2.05, 4.69) is 0 Å². The summed E-state index contributed by atoms with van der Waals surface area (Å²) in [6.07, 6.45) is 0. The molecule has 79 heavy (non-hydrogen) atoms. The number of benzene rings is 9. The van der Waals surface area contributed by atoms with E-state index in [1.165, 1.54) is 121 Å². The first kappa shape index (κ1) is 85.3. The number of hydrogen-bond acceptors (Lipinski definition) is 15. The van der Waals surface area contributed by atoms with Crippen LogP contribution >= 0.6 is 0 Å². The first-order valence-electron chi connectivity index (χ1n) is 21.1. The summed E-state index contributed by atoms with van der Waals surface area (Å²) < 4.78 is 154. The van der Waals surface area contributed by atoms with E-state index in [4.69, 9.17) is 0 Å². The van der Waals surface area contributed by atoms with Crippen molar-refractivity contribution in [3.63, 3.8) is 0 Å². The minimum Gasteiger partial charge on any atom is -0.744 e. The van der Waals surface area contributed by atoms with Crippen LogP contribution in [-0.4, -0.2) is 64.9 Å². The maximum absolute atomic E-state index is 10.3.